The maximum Gasteiger partial charge on any atom is 0.243 e. The van der Waals surface area contributed by atoms with Crippen LogP contribution in [0.3, 0.4) is 0 Å². The Morgan fingerprint density at radius 1 is 1.03 bits per heavy atom. The number of hydrogen-bond donors (Lipinski definition) is 2. The lowest BCUT2D eigenvalue weighted by atomic mass is 10.1. The molecule has 0 spiro atoms. The first kappa shape index (κ1) is 26.6. The zero-order valence-corrected chi connectivity index (χ0v) is 21.4. The summed E-state index contributed by atoms with van der Waals surface area (Å²) in [6.45, 7) is 2.38. The van der Waals surface area contributed by atoms with Crippen molar-refractivity contribution in [1.82, 2.24) is 5.32 Å². The Balaban J connectivity index is 1.47. The second-order valence-corrected chi connectivity index (χ2v) is 10.5. The molecule has 0 bridgehead atoms. The highest BCUT2D eigenvalue weighted by Crippen LogP contribution is 2.35. The zero-order valence-electron chi connectivity index (χ0n) is 20.5. The number of nitrogens with one attached hydrogen (secondary N) is 2. The first-order valence-electron chi connectivity index (χ1n) is 12.2. The number of halogens is 1. The lowest BCUT2D eigenvalue weighted by Crippen LogP contribution is -2.51. The van der Waals surface area contributed by atoms with Gasteiger partial charge >= 0.3 is 0 Å². The summed E-state index contributed by atoms with van der Waals surface area (Å²) in [5, 5.41) is 5.54. The van der Waals surface area contributed by atoms with Crippen molar-refractivity contribution >= 4 is 39.9 Å². The molecule has 1 saturated carbocycles. The van der Waals surface area contributed by atoms with Gasteiger partial charge in [-0.05, 0) is 56.2 Å². The Hall–Kier alpha value is -3.47. The van der Waals surface area contributed by atoms with Crippen LogP contribution in [0.5, 0.6) is 11.5 Å². The van der Waals surface area contributed by atoms with Crippen LogP contribution in [0.2, 0.25) is 0 Å². The largest absolute Gasteiger partial charge is 0.486 e. The first-order chi connectivity index (χ1) is 17.8. The van der Waals surface area contributed by atoms with E-state index in [0.717, 1.165) is 25.7 Å². The number of nitrogens with zero attached hydrogens (tertiary/aromatic N) is 1. The van der Waals surface area contributed by atoms with E-state index in [1.54, 1.807) is 25.1 Å². The minimum absolute atomic E-state index is 0.0662. The molecular formula is C26H30FN3O6S. The van der Waals surface area contributed by atoms with Crippen LogP contribution in [0.15, 0.2) is 42.5 Å². The monoisotopic (exact) mass is 531 g/mol. The zero-order chi connectivity index (χ0) is 26.4. The normalized spacial score (nSPS) is 16.5. The molecule has 2 aliphatic rings. The van der Waals surface area contributed by atoms with Gasteiger partial charge in [-0.15, -0.1) is 0 Å². The quantitative estimate of drug-likeness (QED) is 0.515. The molecule has 0 aromatic heterocycles. The van der Waals surface area contributed by atoms with Crippen LogP contribution in [-0.2, 0) is 25.2 Å². The predicted molar refractivity (Wildman–Crippen MR) is 138 cm³/mol. The standard InChI is InChI=1S/C26H30FN3O6S/c1-17(26(33)29-19-4-2-3-5-19)30(21-10-11-22-23(14-21)36-13-12-35-22)25(32)16-37(34)15-24(31)28-20-8-6-18(27)7-9-20/h6-11,14,17,19H,2-5,12-13,15-16H2,1H3,(H,28,31)(H,29,33)/t17-,37-/m0/s1. The Labute approximate surface area is 217 Å². The minimum Gasteiger partial charge on any atom is -0.486 e. The van der Waals surface area contributed by atoms with E-state index in [4.69, 9.17) is 9.47 Å². The molecule has 0 saturated heterocycles. The third-order valence-corrected chi connectivity index (χ3v) is 7.40. The Morgan fingerprint density at radius 3 is 2.41 bits per heavy atom. The van der Waals surface area contributed by atoms with Crippen molar-refractivity contribution in [3.63, 3.8) is 0 Å². The van der Waals surface area contributed by atoms with Crippen LogP contribution >= 0.6 is 0 Å². The Bertz CT molecular complexity index is 1170. The lowest BCUT2D eigenvalue weighted by molar-refractivity contribution is -0.125. The molecular weight excluding hydrogens is 501 g/mol. The van der Waals surface area contributed by atoms with Crippen LogP contribution in [-0.4, -0.2) is 58.7 Å². The summed E-state index contributed by atoms with van der Waals surface area (Å²) in [7, 11) is -1.85. The summed E-state index contributed by atoms with van der Waals surface area (Å²) in [6, 6.07) is 9.27. The van der Waals surface area contributed by atoms with Gasteiger partial charge < -0.3 is 20.1 Å². The average Bonchev–Trinajstić information content (AvgIpc) is 3.38. The van der Waals surface area contributed by atoms with Gasteiger partial charge in [-0.3, -0.25) is 23.5 Å². The Morgan fingerprint density at radius 2 is 1.70 bits per heavy atom. The van der Waals surface area contributed by atoms with E-state index in [-0.39, 0.29) is 11.9 Å². The van der Waals surface area contributed by atoms with E-state index < -0.39 is 46.0 Å². The number of fused-ring (bicyclic) bond motifs is 1. The number of benzene rings is 2. The molecule has 0 unspecified atom stereocenters. The van der Waals surface area contributed by atoms with E-state index in [1.807, 2.05) is 0 Å². The summed E-state index contributed by atoms with van der Waals surface area (Å²) in [4.78, 5) is 40.1. The van der Waals surface area contributed by atoms with Crippen LogP contribution in [0.25, 0.3) is 0 Å². The summed E-state index contributed by atoms with van der Waals surface area (Å²) in [5.41, 5.74) is 0.751. The number of ether oxygens (including phenoxy) is 2. The molecule has 11 heteroatoms. The highest BCUT2D eigenvalue weighted by molar-refractivity contribution is 7.86. The molecule has 0 radical (unpaired) electrons. The third kappa shape index (κ3) is 7.06. The van der Waals surface area contributed by atoms with E-state index >= 15 is 0 Å². The van der Waals surface area contributed by atoms with Gasteiger partial charge in [0.2, 0.25) is 17.7 Å². The average molecular weight is 532 g/mol. The molecule has 2 N–H and O–H groups in total. The number of anilines is 2. The molecule has 198 valence electrons. The number of hydrogen-bond acceptors (Lipinski definition) is 6. The highest BCUT2D eigenvalue weighted by Gasteiger charge is 2.31. The highest BCUT2D eigenvalue weighted by atomic mass is 32.2. The molecule has 1 heterocycles. The van der Waals surface area contributed by atoms with E-state index in [0.29, 0.717) is 36.1 Å². The van der Waals surface area contributed by atoms with Crippen molar-refractivity contribution in [2.45, 2.75) is 44.7 Å². The summed E-state index contributed by atoms with van der Waals surface area (Å²) < 4.78 is 37.0. The van der Waals surface area contributed by atoms with Crippen molar-refractivity contribution < 1.29 is 32.5 Å². The summed E-state index contributed by atoms with van der Waals surface area (Å²) in [6.07, 6.45) is 3.87. The summed E-state index contributed by atoms with van der Waals surface area (Å²) >= 11 is 0. The first-order valence-corrected chi connectivity index (χ1v) is 13.7. The van der Waals surface area contributed by atoms with Gasteiger partial charge in [0.25, 0.3) is 0 Å². The topological polar surface area (TPSA) is 114 Å². The number of carbonyl (C=O) groups is 3. The van der Waals surface area contributed by atoms with Gasteiger partial charge in [0.1, 0.15) is 36.6 Å². The van der Waals surface area contributed by atoms with Crippen molar-refractivity contribution in [2.24, 2.45) is 0 Å². The third-order valence-electron chi connectivity index (χ3n) is 6.25. The number of amides is 3. The Kier molecular flexibility index (Phi) is 8.75. The van der Waals surface area contributed by atoms with Crippen LogP contribution in [0.4, 0.5) is 15.8 Å². The second-order valence-electron chi connectivity index (χ2n) is 9.04. The molecule has 37 heavy (non-hydrogen) atoms. The van der Waals surface area contributed by atoms with Crippen molar-refractivity contribution in [3.8, 4) is 11.5 Å². The van der Waals surface area contributed by atoms with Crippen molar-refractivity contribution in [2.75, 3.05) is 34.9 Å². The number of carbonyl (C=O) groups excluding carboxylic acids is 3. The van der Waals surface area contributed by atoms with Gasteiger partial charge in [-0.25, -0.2) is 4.39 Å². The van der Waals surface area contributed by atoms with Crippen molar-refractivity contribution in [3.05, 3.63) is 48.3 Å². The molecule has 2 aromatic rings. The lowest BCUT2D eigenvalue weighted by Gasteiger charge is -2.30. The smallest absolute Gasteiger partial charge is 0.243 e. The molecule has 3 amide bonds. The maximum atomic E-state index is 13.4. The van der Waals surface area contributed by atoms with Crippen molar-refractivity contribution in [1.29, 1.82) is 0 Å². The van der Waals surface area contributed by atoms with Gasteiger partial charge in [0, 0.05) is 34.3 Å². The fraction of sp³-hybridized carbons (Fsp3) is 0.423. The SMILES string of the molecule is C[C@@H](C(=O)NC1CCCC1)N(C(=O)C[S@@](=O)CC(=O)Nc1ccc(F)cc1)c1ccc2c(c1)OCCO2. The van der Waals surface area contributed by atoms with Gasteiger partial charge in [0.15, 0.2) is 11.5 Å². The molecule has 2 aromatic carbocycles. The maximum absolute atomic E-state index is 13.4. The minimum atomic E-state index is -1.85. The van der Waals surface area contributed by atoms with Crippen LogP contribution in [0.1, 0.15) is 32.6 Å². The fourth-order valence-corrected chi connectivity index (χ4v) is 5.29. The van der Waals surface area contributed by atoms with Gasteiger partial charge in [-0.1, -0.05) is 12.8 Å². The van der Waals surface area contributed by atoms with Gasteiger partial charge in [-0.2, -0.15) is 0 Å². The molecule has 9 nitrogen and oxygen atoms in total. The second kappa shape index (κ2) is 12.2. The van der Waals surface area contributed by atoms with E-state index in [9.17, 15) is 23.0 Å². The number of rotatable bonds is 9. The molecule has 4 rings (SSSR count). The summed E-state index contributed by atoms with van der Waals surface area (Å²) in [5.74, 6) is -1.81. The molecule has 1 aliphatic heterocycles. The molecule has 1 fully saturated rings. The molecule has 2 atom stereocenters. The van der Waals surface area contributed by atoms with E-state index in [1.165, 1.54) is 29.2 Å². The van der Waals surface area contributed by atoms with Crippen LogP contribution < -0.4 is 25.0 Å². The molecule has 1 aliphatic carbocycles. The van der Waals surface area contributed by atoms with Gasteiger partial charge in [0.05, 0.1) is 0 Å². The van der Waals surface area contributed by atoms with Crippen LogP contribution in [0, 0.1) is 5.82 Å². The predicted octanol–water partition coefficient (Wildman–Crippen LogP) is 2.76. The van der Waals surface area contributed by atoms with E-state index in [2.05, 4.69) is 10.6 Å². The fourth-order valence-electron chi connectivity index (χ4n) is 4.41.